The average molecular weight is 351 g/mol. The van der Waals surface area contributed by atoms with Crippen LogP contribution in [0.25, 0.3) is 0 Å². The summed E-state index contributed by atoms with van der Waals surface area (Å²) in [5.74, 6) is 0.0741. The van der Waals surface area contributed by atoms with Crippen molar-refractivity contribution in [3.8, 4) is 0 Å². The van der Waals surface area contributed by atoms with Gasteiger partial charge in [0.25, 0.3) is 0 Å². The summed E-state index contributed by atoms with van der Waals surface area (Å²) < 4.78 is 33.4. The van der Waals surface area contributed by atoms with Crippen molar-refractivity contribution in [3.63, 3.8) is 0 Å². The van der Waals surface area contributed by atoms with Crippen LogP contribution in [0.5, 0.6) is 0 Å². The highest BCUT2D eigenvalue weighted by Crippen LogP contribution is 2.25. The van der Waals surface area contributed by atoms with Crippen LogP contribution in [-0.2, 0) is 16.1 Å². The number of nitrogens with one attached hydrogen (secondary N) is 1. The molecule has 136 valence electrons. The molecule has 1 N–H and O–H groups in total. The second-order valence-corrected chi connectivity index (χ2v) is 10.1. The minimum Gasteiger partial charge on any atom is -0.598 e. The fourth-order valence-corrected chi connectivity index (χ4v) is 3.26. The highest BCUT2D eigenvalue weighted by atomic mass is 32.2. The molecule has 1 rings (SSSR count). The number of nitrogens with zero attached hydrogens (tertiary/aromatic N) is 1. The Bertz CT molecular complexity index is 388. The number of halogens is 1. The first-order valence-corrected chi connectivity index (χ1v) is 9.31. The van der Waals surface area contributed by atoms with Gasteiger partial charge in [-0.3, -0.25) is 0 Å². The quantitative estimate of drug-likeness (QED) is 0.792. The van der Waals surface area contributed by atoms with Crippen LogP contribution in [0.2, 0.25) is 0 Å². The number of carbonyl (C=O) groups excluding carboxylic acids is 1. The third-order valence-corrected chi connectivity index (χ3v) is 5.37. The summed E-state index contributed by atoms with van der Waals surface area (Å²) in [6.45, 7) is 11.6. The van der Waals surface area contributed by atoms with Gasteiger partial charge in [-0.05, 0) is 60.3 Å². The van der Waals surface area contributed by atoms with Crippen molar-refractivity contribution in [1.82, 2.24) is 9.62 Å². The maximum absolute atomic E-state index is 13.4. The van der Waals surface area contributed by atoms with Gasteiger partial charge >= 0.3 is 6.09 Å². The fourth-order valence-electron chi connectivity index (χ4n) is 2.38. The first-order chi connectivity index (χ1) is 10.4. The molecule has 0 spiro atoms. The Hall–Kier alpha value is -0.530. The SMILES string of the molecule is CC(C)(C)OC(=O)N1CCC(C(CF)N[S+]([O-])C(C)(C)C)CC1. The van der Waals surface area contributed by atoms with Crippen molar-refractivity contribution in [2.24, 2.45) is 5.92 Å². The molecule has 1 saturated heterocycles. The molecule has 1 aliphatic heterocycles. The second-order valence-electron chi connectivity index (χ2n) is 8.06. The van der Waals surface area contributed by atoms with Crippen LogP contribution in [0.1, 0.15) is 54.4 Å². The predicted molar refractivity (Wildman–Crippen MR) is 91.3 cm³/mol. The molecule has 7 heteroatoms. The van der Waals surface area contributed by atoms with Crippen LogP contribution in [0.15, 0.2) is 0 Å². The monoisotopic (exact) mass is 350 g/mol. The molecule has 0 bridgehead atoms. The molecular weight excluding hydrogens is 319 g/mol. The van der Waals surface area contributed by atoms with Gasteiger partial charge in [-0.15, -0.1) is 4.72 Å². The highest BCUT2D eigenvalue weighted by molar-refractivity contribution is 7.90. The van der Waals surface area contributed by atoms with E-state index in [1.54, 1.807) is 4.90 Å². The molecular formula is C16H31FN2O3S. The zero-order valence-electron chi connectivity index (χ0n) is 15.1. The largest absolute Gasteiger partial charge is 0.598 e. The number of ether oxygens (including phenoxy) is 1. The molecule has 0 aromatic heterocycles. The van der Waals surface area contributed by atoms with E-state index < -0.39 is 34.4 Å². The van der Waals surface area contributed by atoms with Gasteiger partial charge < -0.3 is 14.2 Å². The lowest BCUT2D eigenvalue weighted by Crippen LogP contribution is -2.51. The molecule has 1 fully saturated rings. The van der Waals surface area contributed by atoms with E-state index in [4.69, 9.17) is 4.74 Å². The van der Waals surface area contributed by atoms with Gasteiger partial charge in [0, 0.05) is 24.5 Å². The number of carbonyl (C=O) groups is 1. The van der Waals surface area contributed by atoms with Crippen LogP contribution in [0, 0.1) is 5.92 Å². The van der Waals surface area contributed by atoms with Gasteiger partial charge in [-0.25, -0.2) is 9.18 Å². The number of rotatable bonds is 4. The minimum absolute atomic E-state index is 0.0741. The molecule has 1 amide bonds. The fraction of sp³-hybridized carbons (Fsp3) is 0.938. The van der Waals surface area contributed by atoms with Gasteiger partial charge in [0.1, 0.15) is 17.0 Å². The molecule has 5 nitrogen and oxygen atoms in total. The van der Waals surface area contributed by atoms with E-state index in [9.17, 15) is 13.7 Å². The predicted octanol–water partition coefficient (Wildman–Crippen LogP) is 3.02. The molecule has 2 unspecified atom stereocenters. The molecule has 0 aliphatic carbocycles. The normalized spacial score (nSPS) is 20.3. The third kappa shape index (κ3) is 6.85. The summed E-state index contributed by atoms with van der Waals surface area (Å²) in [6, 6.07) is -0.434. The Morgan fingerprint density at radius 3 is 2.22 bits per heavy atom. The summed E-state index contributed by atoms with van der Waals surface area (Å²) in [6.07, 6.45) is 1.05. The van der Waals surface area contributed by atoms with Crippen molar-refractivity contribution in [3.05, 3.63) is 0 Å². The molecule has 0 aromatic carbocycles. The van der Waals surface area contributed by atoms with Gasteiger partial charge in [-0.1, -0.05) is 0 Å². The maximum Gasteiger partial charge on any atom is 0.410 e. The number of hydrogen-bond donors (Lipinski definition) is 1. The Labute approximate surface area is 142 Å². The van der Waals surface area contributed by atoms with Crippen molar-refractivity contribution in [2.75, 3.05) is 19.8 Å². The van der Waals surface area contributed by atoms with Gasteiger partial charge in [-0.2, -0.15) is 0 Å². The Morgan fingerprint density at radius 1 is 1.30 bits per heavy atom. The highest BCUT2D eigenvalue weighted by Gasteiger charge is 2.35. The van der Waals surface area contributed by atoms with E-state index in [-0.39, 0.29) is 12.0 Å². The number of amides is 1. The lowest BCUT2D eigenvalue weighted by atomic mass is 9.91. The van der Waals surface area contributed by atoms with Crippen molar-refractivity contribution in [2.45, 2.75) is 70.8 Å². The van der Waals surface area contributed by atoms with Crippen molar-refractivity contribution < 1.29 is 18.5 Å². The topological polar surface area (TPSA) is 64.6 Å². The van der Waals surface area contributed by atoms with E-state index in [0.29, 0.717) is 25.9 Å². The van der Waals surface area contributed by atoms with Gasteiger partial charge in [0.15, 0.2) is 0 Å². The summed E-state index contributed by atoms with van der Waals surface area (Å²) >= 11 is -1.30. The van der Waals surface area contributed by atoms with Crippen molar-refractivity contribution in [1.29, 1.82) is 0 Å². The lowest BCUT2D eigenvalue weighted by Gasteiger charge is -2.37. The van der Waals surface area contributed by atoms with Crippen LogP contribution < -0.4 is 4.72 Å². The zero-order valence-corrected chi connectivity index (χ0v) is 16.0. The molecule has 0 aromatic rings. The first-order valence-electron chi connectivity index (χ1n) is 8.16. The van der Waals surface area contributed by atoms with Crippen LogP contribution in [0.4, 0.5) is 9.18 Å². The number of hydrogen-bond acceptors (Lipinski definition) is 4. The van der Waals surface area contributed by atoms with E-state index in [1.807, 2.05) is 41.5 Å². The Morgan fingerprint density at radius 2 is 1.83 bits per heavy atom. The van der Waals surface area contributed by atoms with E-state index in [2.05, 4.69) is 4.72 Å². The molecule has 1 aliphatic rings. The number of piperidine rings is 1. The standard InChI is InChI=1S/C16H31FN2O3S/c1-15(2,3)22-14(20)19-9-7-12(8-10-19)13(11-17)18-23(21)16(4,5)6/h12-13,18H,7-11H2,1-6H3. The maximum atomic E-state index is 13.4. The molecule has 1 heterocycles. The van der Waals surface area contributed by atoms with Crippen LogP contribution >= 0.6 is 0 Å². The second kappa shape index (κ2) is 8.03. The molecule has 2 atom stereocenters. The van der Waals surface area contributed by atoms with E-state index in [0.717, 1.165) is 0 Å². The first kappa shape index (κ1) is 20.5. The Kier molecular flexibility index (Phi) is 7.16. The van der Waals surface area contributed by atoms with E-state index in [1.165, 1.54) is 0 Å². The van der Waals surface area contributed by atoms with Gasteiger partial charge in [0.05, 0.1) is 6.04 Å². The lowest BCUT2D eigenvalue weighted by molar-refractivity contribution is 0.0169. The summed E-state index contributed by atoms with van der Waals surface area (Å²) in [7, 11) is 0. The van der Waals surface area contributed by atoms with E-state index >= 15 is 0 Å². The molecule has 0 saturated carbocycles. The number of likely N-dealkylation sites (tertiary alicyclic amines) is 1. The smallest absolute Gasteiger partial charge is 0.410 e. The van der Waals surface area contributed by atoms with Gasteiger partial charge in [0.2, 0.25) is 0 Å². The summed E-state index contributed by atoms with van der Waals surface area (Å²) in [4.78, 5) is 13.7. The third-order valence-electron chi connectivity index (χ3n) is 3.74. The average Bonchev–Trinajstić information content (AvgIpc) is 2.41. The molecule has 0 radical (unpaired) electrons. The summed E-state index contributed by atoms with van der Waals surface area (Å²) in [5, 5.41) is 0. The van der Waals surface area contributed by atoms with Crippen molar-refractivity contribution >= 4 is 17.5 Å². The summed E-state index contributed by atoms with van der Waals surface area (Å²) in [5.41, 5.74) is -0.513. The van der Waals surface area contributed by atoms with Crippen LogP contribution in [0.3, 0.4) is 0 Å². The number of alkyl halides is 1. The zero-order chi connectivity index (χ0) is 17.8. The molecule has 23 heavy (non-hydrogen) atoms. The van der Waals surface area contributed by atoms with Crippen LogP contribution in [-0.4, -0.2) is 51.7 Å². The minimum atomic E-state index is -1.30. The Balaban J connectivity index is 2.52.